The third-order valence-electron chi connectivity index (χ3n) is 4.44. The molecule has 2 unspecified atom stereocenters. The molecule has 3 rings (SSSR count). The van der Waals surface area contributed by atoms with Gasteiger partial charge in [-0.25, -0.2) is 0 Å². The minimum absolute atomic E-state index is 0.0372. The molecule has 2 atom stereocenters. The number of rotatable bonds is 3. The molecule has 1 fully saturated rings. The molecule has 114 valence electrons. The zero-order valence-corrected chi connectivity index (χ0v) is 12.5. The molecular weight excluding hydrogens is 270 g/mol. The molecule has 1 N–H and O–H groups in total. The number of aliphatic hydroxyl groups excluding tert-OH is 1. The van der Waals surface area contributed by atoms with Crippen molar-refractivity contribution in [2.75, 3.05) is 20.8 Å². The number of hydrogen-bond acceptors (Lipinski definition) is 4. The Morgan fingerprint density at radius 3 is 2.57 bits per heavy atom. The second-order valence-electron chi connectivity index (χ2n) is 5.72. The van der Waals surface area contributed by atoms with Gasteiger partial charge in [0.2, 0.25) is 5.91 Å². The molecule has 0 aromatic heterocycles. The Balaban J connectivity index is 1.99. The van der Waals surface area contributed by atoms with Gasteiger partial charge in [-0.05, 0) is 42.5 Å². The highest BCUT2D eigenvalue weighted by atomic mass is 16.5. The summed E-state index contributed by atoms with van der Waals surface area (Å²) in [6, 6.07) is 4.03. The number of aliphatic hydroxyl groups is 1. The number of amides is 1. The van der Waals surface area contributed by atoms with Crippen LogP contribution in [0.3, 0.4) is 0 Å². The highest BCUT2D eigenvalue weighted by Crippen LogP contribution is 2.41. The second-order valence-corrected chi connectivity index (χ2v) is 5.72. The molecule has 1 heterocycles. The van der Waals surface area contributed by atoms with E-state index >= 15 is 0 Å². The summed E-state index contributed by atoms with van der Waals surface area (Å²) in [4.78, 5) is 13.9. The van der Waals surface area contributed by atoms with Crippen LogP contribution in [0.4, 0.5) is 0 Å². The fraction of sp³-hybridized carbons (Fsp3) is 0.562. The summed E-state index contributed by atoms with van der Waals surface area (Å²) in [6.45, 7) is 0.428. The molecule has 5 nitrogen and oxygen atoms in total. The normalized spacial score (nSPS) is 24.9. The smallest absolute Gasteiger partial charge is 0.225 e. The van der Waals surface area contributed by atoms with Gasteiger partial charge in [-0.1, -0.05) is 0 Å². The summed E-state index contributed by atoms with van der Waals surface area (Å²) in [6.07, 6.45) is 2.65. The van der Waals surface area contributed by atoms with Crippen molar-refractivity contribution in [1.82, 2.24) is 4.90 Å². The van der Waals surface area contributed by atoms with E-state index < -0.39 is 6.10 Å². The first-order chi connectivity index (χ1) is 10.1. The molecule has 1 aromatic carbocycles. The monoisotopic (exact) mass is 291 g/mol. The molecule has 5 heteroatoms. The van der Waals surface area contributed by atoms with Crippen LogP contribution < -0.4 is 9.47 Å². The minimum atomic E-state index is -0.539. The summed E-state index contributed by atoms with van der Waals surface area (Å²) in [5.41, 5.74) is 2.33. The minimum Gasteiger partial charge on any atom is -0.493 e. The second kappa shape index (κ2) is 5.56. The number of carbonyl (C=O) groups is 1. The van der Waals surface area contributed by atoms with Crippen LogP contribution in [-0.2, 0) is 11.2 Å². The summed E-state index contributed by atoms with van der Waals surface area (Å²) >= 11 is 0. The maximum Gasteiger partial charge on any atom is 0.225 e. The van der Waals surface area contributed by atoms with E-state index in [-0.39, 0.29) is 18.4 Å². The molecule has 1 saturated heterocycles. The molecular formula is C16H21NO4. The van der Waals surface area contributed by atoms with Crippen molar-refractivity contribution in [3.8, 4) is 11.5 Å². The van der Waals surface area contributed by atoms with E-state index in [1.54, 1.807) is 14.2 Å². The number of β-amino-alcohol motifs (C(OH)–C–C–N with tert-alkyl or cyclic N) is 1. The Labute approximate surface area is 124 Å². The predicted octanol–water partition coefficient (Wildman–Crippen LogP) is 1.67. The Kier molecular flexibility index (Phi) is 3.76. The lowest BCUT2D eigenvalue weighted by atomic mass is 9.86. The molecule has 0 spiro atoms. The fourth-order valence-electron chi connectivity index (χ4n) is 3.44. The van der Waals surface area contributed by atoms with Crippen LogP contribution in [0.5, 0.6) is 11.5 Å². The van der Waals surface area contributed by atoms with Gasteiger partial charge in [0.25, 0.3) is 0 Å². The fourth-order valence-corrected chi connectivity index (χ4v) is 3.44. The average molecular weight is 291 g/mol. The number of carbonyl (C=O) groups excluding carboxylic acids is 1. The quantitative estimate of drug-likeness (QED) is 0.920. The number of methoxy groups -OCH3 is 2. The van der Waals surface area contributed by atoms with Crippen molar-refractivity contribution in [2.24, 2.45) is 0 Å². The van der Waals surface area contributed by atoms with E-state index in [4.69, 9.17) is 9.47 Å². The van der Waals surface area contributed by atoms with Crippen molar-refractivity contribution in [2.45, 2.75) is 37.8 Å². The summed E-state index contributed by atoms with van der Waals surface area (Å²) < 4.78 is 10.7. The van der Waals surface area contributed by atoms with E-state index in [1.807, 2.05) is 17.0 Å². The van der Waals surface area contributed by atoms with Crippen molar-refractivity contribution < 1.29 is 19.4 Å². The standard InChI is InChI=1S/C16H21NO4/c1-20-14-6-10-4-3-5-13(12(10)8-15(14)21-2)17-9-11(18)7-16(17)19/h6,8,11,13,18H,3-5,7,9H2,1-2H3. The highest BCUT2D eigenvalue weighted by molar-refractivity contribution is 5.79. The van der Waals surface area contributed by atoms with Gasteiger partial charge >= 0.3 is 0 Å². The summed E-state index contributed by atoms with van der Waals surface area (Å²) in [5.74, 6) is 1.45. The van der Waals surface area contributed by atoms with Gasteiger partial charge in [0.1, 0.15) is 0 Å². The molecule has 0 radical (unpaired) electrons. The first-order valence-corrected chi connectivity index (χ1v) is 7.36. The number of aryl methyl sites for hydroxylation is 1. The lowest BCUT2D eigenvalue weighted by molar-refractivity contribution is -0.130. The van der Waals surface area contributed by atoms with Crippen LogP contribution in [0.25, 0.3) is 0 Å². The van der Waals surface area contributed by atoms with Crippen LogP contribution in [0.2, 0.25) is 0 Å². The number of likely N-dealkylation sites (tertiary alicyclic amines) is 1. The van der Waals surface area contributed by atoms with Crippen LogP contribution in [0.1, 0.15) is 36.4 Å². The zero-order valence-electron chi connectivity index (χ0n) is 12.5. The van der Waals surface area contributed by atoms with Crippen molar-refractivity contribution >= 4 is 5.91 Å². The van der Waals surface area contributed by atoms with Crippen LogP contribution in [0.15, 0.2) is 12.1 Å². The lowest BCUT2D eigenvalue weighted by Crippen LogP contribution is -2.33. The van der Waals surface area contributed by atoms with Crippen LogP contribution in [0, 0.1) is 0 Å². The van der Waals surface area contributed by atoms with E-state index in [9.17, 15) is 9.90 Å². The lowest BCUT2D eigenvalue weighted by Gasteiger charge is -2.33. The van der Waals surface area contributed by atoms with E-state index in [2.05, 4.69) is 0 Å². The Morgan fingerprint density at radius 2 is 1.95 bits per heavy atom. The molecule has 21 heavy (non-hydrogen) atoms. The van der Waals surface area contributed by atoms with E-state index in [0.29, 0.717) is 12.3 Å². The molecule has 1 aliphatic heterocycles. The molecule has 0 bridgehead atoms. The number of ether oxygens (including phenoxy) is 2. The molecule has 2 aliphatic rings. The Hall–Kier alpha value is -1.75. The molecule has 1 aliphatic carbocycles. The summed E-state index contributed by atoms with van der Waals surface area (Å²) in [5, 5.41) is 9.72. The Bertz CT molecular complexity index is 557. The zero-order chi connectivity index (χ0) is 15.0. The van der Waals surface area contributed by atoms with E-state index in [1.165, 1.54) is 5.56 Å². The van der Waals surface area contributed by atoms with E-state index in [0.717, 1.165) is 30.6 Å². The number of nitrogens with zero attached hydrogens (tertiary/aromatic N) is 1. The van der Waals surface area contributed by atoms with Crippen molar-refractivity contribution in [3.63, 3.8) is 0 Å². The SMILES string of the molecule is COc1cc2c(cc1OC)C(N1CC(O)CC1=O)CCC2. The number of benzene rings is 1. The van der Waals surface area contributed by atoms with Gasteiger partial charge in [-0.3, -0.25) is 4.79 Å². The predicted molar refractivity (Wildman–Crippen MR) is 77.6 cm³/mol. The van der Waals surface area contributed by atoms with Crippen molar-refractivity contribution in [1.29, 1.82) is 0 Å². The van der Waals surface area contributed by atoms with Crippen LogP contribution >= 0.6 is 0 Å². The third-order valence-corrected chi connectivity index (χ3v) is 4.44. The first kappa shape index (κ1) is 14.2. The largest absolute Gasteiger partial charge is 0.493 e. The summed E-state index contributed by atoms with van der Waals surface area (Å²) in [7, 11) is 3.25. The van der Waals surface area contributed by atoms with Gasteiger partial charge in [0, 0.05) is 6.54 Å². The van der Waals surface area contributed by atoms with Gasteiger partial charge in [0.05, 0.1) is 32.8 Å². The topological polar surface area (TPSA) is 59.0 Å². The molecule has 1 amide bonds. The first-order valence-electron chi connectivity index (χ1n) is 7.36. The highest BCUT2D eigenvalue weighted by Gasteiger charge is 2.36. The van der Waals surface area contributed by atoms with Crippen molar-refractivity contribution in [3.05, 3.63) is 23.3 Å². The number of hydrogen-bond donors (Lipinski definition) is 1. The maximum absolute atomic E-state index is 12.1. The maximum atomic E-state index is 12.1. The number of fused-ring (bicyclic) bond motifs is 1. The van der Waals surface area contributed by atoms with Gasteiger partial charge in [-0.2, -0.15) is 0 Å². The van der Waals surface area contributed by atoms with Gasteiger partial charge < -0.3 is 19.5 Å². The average Bonchev–Trinajstić information content (AvgIpc) is 2.83. The van der Waals surface area contributed by atoms with Gasteiger partial charge in [-0.15, -0.1) is 0 Å². The molecule has 1 aromatic rings. The van der Waals surface area contributed by atoms with Crippen LogP contribution in [-0.4, -0.2) is 42.8 Å². The Morgan fingerprint density at radius 1 is 1.24 bits per heavy atom. The third kappa shape index (κ3) is 2.46. The van der Waals surface area contributed by atoms with Gasteiger partial charge in [0.15, 0.2) is 11.5 Å². The molecule has 0 saturated carbocycles.